The number of aliphatic carboxylic acids is 1. The molecule has 34 heavy (non-hydrogen) atoms. The van der Waals surface area contributed by atoms with E-state index >= 15 is 0 Å². The number of ether oxygens (including phenoxy) is 1. The first kappa shape index (κ1) is 25.1. The molecule has 2 amide bonds. The van der Waals surface area contributed by atoms with Crippen LogP contribution in [0.15, 0.2) is 48.5 Å². The minimum Gasteiger partial charge on any atom is -0.480 e. The number of carbonyl (C=O) groups excluding carboxylic acids is 2. The van der Waals surface area contributed by atoms with Crippen molar-refractivity contribution in [2.45, 2.75) is 51.1 Å². The monoisotopic (exact) mass is 474 g/mol. The second-order valence-electron chi connectivity index (χ2n) is 8.68. The molecule has 182 valence electrons. The molecule has 0 aliphatic heterocycles. The van der Waals surface area contributed by atoms with Gasteiger partial charge in [-0.1, -0.05) is 62.4 Å². The van der Waals surface area contributed by atoms with Gasteiger partial charge in [-0.05, 0) is 34.6 Å². The van der Waals surface area contributed by atoms with Crippen LogP contribution < -0.4 is 10.6 Å². The van der Waals surface area contributed by atoms with Crippen LogP contribution >= 0.6 is 0 Å². The van der Waals surface area contributed by atoms with Crippen molar-refractivity contribution < 1.29 is 33.0 Å². The lowest BCUT2D eigenvalue weighted by Gasteiger charge is -2.23. The van der Waals surface area contributed by atoms with Crippen molar-refractivity contribution in [1.82, 2.24) is 10.6 Å². The maximum atomic E-state index is 12.7. The number of alkyl carbamates (subject to hydrolysis) is 1. The normalized spacial score (nSPS) is 14.3. The Morgan fingerprint density at radius 1 is 0.912 bits per heavy atom. The fourth-order valence-electron chi connectivity index (χ4n) is 4.16. The molecule has 2 aromatic rings. The highest BCUT2D eigenvalue weighted by atomic mass is 19.3. The third kappa shape index (κ3) is 6.09. The largest absolute Gasteiger partial charge is 0.480 e. The lowest BCUT2D eigenvalue weighted by Crippen LogP contribution is -2.52. The first-order valence-corrected chi connectivity index (χ1v) is 11.1. The Bertz CT molecular complexity index is 998. The summed E-state index contributed by atoms with van der Waals surface area (Å²) in [6.07, 6.45) is -4.60. The summed E-state index contributed by atoms with van der Waals surface area (Å²) < 4.78 is 30.8. The zero-order chi connectivity index (χ0) is 24.8. The summed E-state index contributed by atoms with van der Waals surface area (Å²) in [6.45, 7) is 3.67. The number of rotatable bonds is 10. The van der Waals surface area contributed by atoms with E-state index in [2.05, 4.69) is 10.6 Å². The molecule has 0 radical (unpaired) electrons. The molecule has 0 spiro atoms. The summed E-state index contributed by atoms with van der Waals surface area (Å²) in [6, 6.07) is 12.8. The van der Waals surface area contributed by atoms with Gasteiger partial charge in [0, 0.05) is 12.3 Å². The molecule has 3 N–H and O–H groups in total. The summed E-state index contributed by atoms with van der Waals surface area (Å²) in [5.41, 5.74) is 4.21. The Hall–Kier alpha value is -3.49. The van der Waals surface area contributed by atoms with Gasteiger partial charge in [-0.15, -0.1) is 0 Å². The van der Waals surface area contributed by atoms with E-state index in [1.54, 1.807) is 0 Å². The molecule has 0 heterocycles. The van der Waals surface area contributed by atoms with Crippen molar-refractivity contribution in [2.24, 2.45) is 5.92 Å². The van der Waals surface area contributed by atoms with Gasteiger partial charge in [0.2, 0.25) is 12.3 Å². The lowest BCUT2D eigenvalue weighted by atomic mass is 9.98. The standard InChI is InChI=1S/C25H28F2N2O5/c1-14(2)11-20(23(30)28-21(24(31)32)12-22(26)27)29-25(33)34-13-19-17-9-5-3-7-15(17)16-8-4-6-10-18(16)19/h3-10,14,19-22H,11-13H2,1-2H3,(H,28,30)(H,29,33)(H,31,32)/t20-,21?/m1/s1. The minimum absolute atomic E-state index is 0.0389. The van der Waals surface area contributed by atoms with Crippen LogP contribution in [0.5, 0.6) is 0 Å². The first-order chi connectivity index (χ1) is 16.2. The molecule has 1 aliphatic rings. The van der Waals surface area contributed by atoms with Gasteiger partial charge in [0.05, 0.1) is 0 Å². The Morgan fingerprint density at radius 3 is 1.97 bits per heavy atom. The second-order valence-corrected chi connectivity index (χ2v) is 8.68. The first-order valence-electron chi connectivity index (χ1n) is 11.1. The van der Waals surface area contributed by atoms with Crippen LogP contribution in [0.3, 0.4) is 0 Å². The Kier molecular flexibility index (Phi) is 8.20. The summed E-state index contributed by atoms with van der Waals surface area (Å²) in [7, 11) is 0. The van der Waals surface area contributed by atoms with Crippen molar-refractivity contribution >= 4 is 18.0 Å². The van der Waals surface area contributed by atoms with E-state index in [9.17, 15) is 23.2 Å². The molecule has 1 aliphatic carbocycles. The molecule has 7 nitrogen and oxygen atoms in total. The van der Waals surface area contributed by atoms with Gasteiger partial charge in [-0.2, -0.15) is 0 Å². The number of carboxylic acid groups (broad SMARTS) is 1. The van der Waals surface area contributed by atoms with Crippen LogP contribution in [0.2, 0.25) is 0 Å². The van der Waals surface area contributed by atoms with E-state index in [4.69, 9.17) is 9.84 Å². The number of benzene rings is 2. The molecular weight excluding hydrogens is 446 g/mol. The van der Waals surface area contributed by atoms with Crippen molar-refractivity contribution in [2.75, 3.05) is 6.61 Å². The van der Waals surface area contributed by atoms with E-state index in [0.29, 0.717) is 0 Å². The number of hydrogen-bond donors (Lipinski definition) is 3. The third-order valence-corrected chi connectivity index (χ3v) is 5.69. The number of nitrogens with one attached hydrogen (secondary N) is 2. The highest BCUT2D eigenvalue weighted by Crippen LogP contribution is 2.44. The average molecular weight is 475 g/mol. The molecule has 0 saturated heterocycles. The van der Waals surface area contributed by atoms with E-state index in [0.717, 1.165) is 22.3 Å². The van der Waals surface area contributed by atoms with Crippen LogP contribution in [0.25, 0.3) is 11.1 Å². The Labute approximate surface area is 196 Å². The number of amides is 2. The number of carbonyl (C=O) groups is 3. The number of halogens is 2. The van der Waals surface area contributed by atoms with Gasteiger partial charge in [-0.25, -0.2) is 18.4 Å². The number of alkyl halides is 2. The molecule has 0 saturated carbocycles. The molecule has 0 fully saturated rings. The van der Waals surface area contributed by atoms with Crippen LogP contribution in [-0.2, 0) is 14.3 Å². The zero-order valence-electron chi connectivity index (χ0n) is 19.0. The van der Waals surface area contributed by atoms with Crippen molar-refractivity contribution in [3.8, 4) is 11.1 Å². The Morgan fingerprint density at radius 2 is 1.47 bits per heavy atom. The lowest BCUT2D eigenvalue weighted by molar-refractivity contribution is -0.143. The van der Waals surface area contributed by atoms with Gasteiger partial charge in [0.1, 0.15) is 18.7 Å². The van der Waals surface area contributed by atoms with Gasteiger partial charge in [0.15, 0.2) is 0 Å². The van der Waals surface area contributed by atoms with Gasteiger partial charge < -0.3 is 20.5 Å². The van der Waals surface area contributed by atoms with Gasteiger partial charge >= 0.3 is 12.1 Å². The molecule has 2 atom stereocenters. The fraction of sp³-hybridized carbons (Fsp3) is 0.400. The van der Waals surface area contributed by atoms with Crippen LogP contribution in [0.1, 0.15) is 43.7 Å². The molecular formula is C25H28F2N2O5. The molecule has 1 unspecified atom stereocenters. The van der Waals surface area contributed by atoms with Crippen LogP contribution in [-0.4, -0.2) is 48.2 Å². The highest BCUT2D eigenvalue weighted by Gasteiger charge is 2.31. The molecule has 0 aromatic heterocycles. The van der Waals surface area contributed by atoms with Gasteiger partial charge in [-0.3, -0.25) is 4.79 Å². The molecule has 3 rings (SSSR count). The maximum absolute atomic E-state index is 12.7. The van der Waals surface area contributed by atoms with E-state index < -0.39 is 42.9 Å². The van der Waals surface area contributed by atoms with Crippen molar-refractivity contribution in [3.05, 3.63) is 59.7 Å². The van der Waals surface area contributed by atoms with Crippen molar-refractivity contribution in [1.29, 1.82) is 0 Å². The fourth-order valence-corrected chi connectivity index (χ4v) is 4.16. The minimum atomic E-state index is -2.90. The van der Waals surface area contributed by atoms with Crippen molar-refractivity contribution in [3.63, 3.8) is 0 Å². The average Bonchev–Trinajstić information content (AvgIpc) is 3.10. The molecule has 2 aromatic carbocycles. The zero-order valence-corrected chi connectivity index (χ0v) is 19.0. The molecule has 0 bridgehead atoms. The SMILES string of the molecule is CC(C)C[C@@H](NC(=O)OCC1c2ccccc2-c2ccccc21)C(=O)NC(CC(F)F)C(=O)O. The summed E-state index contributed by atoms with van der Waals surface area (Å²) >= 11 is 0. The summed E-state index contributed by atoms with van der Waals surface area (Å²) in [5, 5.41) is 13.7. The number of fused-ring (bicyclic) bond motifs is 3. The number of hydrogen-bond acceptors (Lipinski definition) is 4. The van der Waals surface area contributed by atoms with E-state index in [1.165, 1.54) is 0 Å². The topological polar surface area (TPSA) is 105 Å². The maximum Gasteiger partial charge on any atom is 0.407 e. The highest BCUT2D eigenvalue weighted by molar-refractivity contribution is 5.89. The van der Waals surface area contributed by atoms with Gasteiger partial charge in [0.25, 0.3) is 0 Å². The van der Waals surface area contributed by atoms with E-state index in [1.807, 2.05) is 62.4 Å². The van der Waals surface area contributed by atoms with E-state index in [-0.39, 0.29) is 24.9 Å². The summed E-state index contributed by atoms with van der Waals surface area (Å²) in [5.74, 6) is -2.63. The van der Waals surface area contributed by atoms with Crippen LogP contribution in [0.4, 0.5) is 13.6 Å². The summed E-state index contributed by atoms with van der Waals surface area (Å²) in [4.78, 5) is 36.4. The quantitative estimate of drug-likeness (QED) is 0.480. The number of carboxylic acids is 1. The second kappa shape index (κ2) is 11.1. The predicted octanol–water partition coefficient (Wildman–Crippen LogP) is 4.16. The smallest absolute Gasteiger partial charge is 0.407 e. The Balaban J connectivity index is 1.66. The van der Waals surface area contributed by atoms with Crippen LogP contribution in [0, 0.1) is 5.92 Å². The molecule has 9 heteroatoms. The third-order valence-electron chi connectivity index (χ3n) is 5.69. The predicted molar refractivity (Wildman–Crippen MR) is 122 cm³/mol.